The van der Waals surface area contributed by atoms with Crippen LogP contribution in [0.1, 0.15) is 11.3 Å². The van der Waals surface area contributed by atoms with Gasteiger partial charge in [0.25, 0.3) is 15.6 Å². The molecule has 0 radical (unpaired) electrons. The summed E-state index contributed by atoms with van der Waals surface area (Å²) in [4.78, 5) is 23.3. The molecule has 0 aliphatic rings. The molecule has 3 aromatic rings. The molecule has 3 aromatic heterocycles. The number of pyridine rings is 1. The molecule has 0 atom stereocenters. The average molecular weight is 420 g/mol. The van der Waals surface area contributed by atoms with Gasteiger partial charge >= 0.3 is 0 Å². The Hall–Kier alpha value is -2.56. The number of rotatable bonds is 7. The molecule has 3 heterocycles. The third-order valence-corrected chi connectivity index (χ3v) is 7.55. The van der Waals surface area contributed by atoms with Crippen molar-refractivity contribution in [3.63, 3.8) is 0 Å². The molecule has 0 bridgehead atoms. The Morgan fingerprint density at radius 3 is 2.64 bits per heavy atom. The van der Waals surface area contributed by atoms with Gasteiger partial charge in [0.05, 0.1) is 0 Å². The number of nitrogens with zero attached hydrogens (tertiary/aromatic N) is 3. The molecule has 0 spiro atoms. The number of aryl methyl sites for hydroxylation is 1. The van der Waals surface area contributed by atoms with E-state index in [0.717, 1.165) is 0 Å². The summed E-state index contributed by atoms with van der Waals surface area (Å²) in [7, 11) is -1.90. The summed E-state index contributed by atoms with van der Waals surface area (Å²) in [5.41, 5.74) is 1.80. The lowest BCUT2D eigenvalue weighted by Crippen LogP contribution is -2.31. The number of hydrogen-bond acceptors (Lipinski definition) is 7. The summed E-state index contributed by atoms with van der Waals surface area (Å²) in [5, 5.41) is 4.84. The third kappa shape index (κ3) is 4.29. The van der Waals surface area contributed by atoms with Crippen molar-refractivity contribution < 1.29 is 8.42 Å². The van der Waals surface area contributed by atoms with E-state index in [-0.39, 0.29) is 5.56 Å². The maximum Gasteiger partial charge on any atom is 0.254 e. The smallest absolute Gasteiger partial charge is 0.254 e. The second-order valence-electron chi connectivity index (χ2n) is 6.24. The number of nitrogens with one attached hydrogen (secondary N) is 2. The van der Waals surface area contributed by atoms with Crippen molar-refractivity contribution in [1.82, 2.24) is 19.3 Å². The van der Waals surface area contributed by atoms with Crippen LogP contribution < -0.4 is 10.9 Å². The number of sulfonamides is 1. The van der Waals surface area contributed by atoms with Crippen LogP contribution in [0.25, 0.3) is 11.4 Å². The van der Waals surface area contributed by atoms with Gasteiger partial charge in [0, 0.05) is 43.2 Å². The Balaban J connectivity index is 1.62. The zero-order valence-electron chi connectivity index (χ0n) is 15.8. The molecule has 0 saturated carbocycles. The van der Waals surface area contributed by atoms with Gasteiger partial charge < -0.3 is 10.3 Å². The van der Waals surface area contributed by atoms with Crippen LogP contribution in [-0.2, 0) is 10.0 Å². The molecular formula is C18H21N5O3S2. The normalized spacial score (nSPS) is 11.7. The maximum absolute atomic E-state index is 12.4. The summed E-state index contributed by atoms with van der Waals surface area (Å²) >= 11 is 1.20. The third-order valence-electron chi connectivity index (χ3n) is 4.32. The van der Waals surface area contributed by atoms with Crippen molar-refractivity contribution in [2.45, 2.75) is 18.1 Å². The van der Waals surface area contributed by atoms with Gasteiger partial charge in [-0.05, 0) is 37.4 Å². The Labute approximate surface area is 167 Å². The fraction of sp³-hybridized carbons (Fsp3) is 0.278. The van der Waals surface area contributed by atoms with Crippen LogP contribution in [0.15, 0.2) is 44.8 Å². The van der Waals surface area contributed by atoms with Gasteiger partial charge in [-0.1, -0.05) is 6.07 Å². The number of anilines is 1. The highest BCUT2D eigenvalue weighted by Crippen LogP contribution is 2.19. The van der Waals surface area contributed by atoms with Gasteiger partial charge in [-0.3, -0.25) is 4.79 Å². The molecule has 3 rings (SSSR count). The topological polar surface area (TPSA) is 108 Å². The highest BCUT2D eigenvalue weighted by atomic mass is 32.2. The van der Waals surface area contributed by atoms with Gasteiger partial charge in [0.1, 0.15) is 15.9 Å². The van der Waals surface area contributed by atoms with Crippen molar-refractivity contribution in [3.8, 4) is 11.4 Å². The Morgan fingerprint density at radius 2 is 2.04 bits per heavy atom. The Kier molecular flexibility index (Phi) is 5.92. The highest BCUT2D eigenvalue weighted by molar-refractivity contribution is 7.91. The predicted molar refractivity (Wildman–Crippen MR) is 110 cm³/mol. The fourth-order valence-corrected chi connectivity index (χ4v) is 4.82. The minimum atomic E-state index is -3.46. The van der Waals surface area contributed by atoms with Crippen molar-refractivity contribution in [3.05, 3.63) is 57.5 Å². The van der Waals surface area contributed by atoms with E-state index in [2.05, 4.69) is 20.3 Å². The first-order valence-electron chi connectivity index (χ1n) is 8.56. The summed E-state index contributed by atoms with van der Waals surface area (Å²) < 4.78 is 26.4. The Bertz CT molecular complexity index is 1110. The number of aromatic amines is 1. The van der Waals surface area contributed by atoms with E-state index in [4.69, 9.17) is 0 Å². The second-order valence-corrected chi connectivity index (χ2v) is 9.46. The van der Waals surface area contributed by atoms with Gasteiger partial charge in [-0.2, -0.15) is 4.31 Å². The standard InChI is InChI=1S/C18H21N5O3S2/c1-12-13(2)21-17(22-18(12)24)14-6-7-15(20-11-14)19-8-9-23(3)28(25,26)16-5-4-10-27-16/h4-7,10-11H,8-9H2,1-3H3,(H,19,20)(H,21,22,24). The van der Waals surface area contributed by atoms with E-state index in [0.29, 0.717) is 45.8 Å². The average Bonchev–Trinajstić information content (AvgIpc) is 3.22. The van der Waals surface area contributed by atoms with E-state index < -0.39 is 10.0 Å². The SMILES string of the molecule is Cc1nc(-c2ccc(NCCN(C)S(=O)(=O)c3cccs3)nc2)[nH]c(=O)c1C. The largest absolute Gasteiger partial charge is 0.369 e. The quantitative estimate of drug-likeness (QED) is 0.608. The van der Waals surface area contributed by atoms with Crippen LogP contribution in [0.3, 0.4) is 0 Å². The first-order chi connectivity index (χ1) is 13.3. The predicted octanol–water partition coefficient (Wildman–Crippen LogP) is 2.24. The number of likely N-dealkylation sites (N-methyl/N-ethyl adjacent to an activating group) is 1. The lowest BCUT2D eigenvalue weighted by atomic mass is 10.2. The van der Waals surface area contributed by atoms with Crippen LogP contribution in [0.5, 0.6) is 0 Å². The van der Waals surface area contributed by atoms with Gasteiger partial charge in [0.2, 0.25) is 0 Å². The maximum atomic E-state index is 12.4. The molecule has 0 aliphatic heterocycles. The lowest BCUT2D eigenvalue weighted by molar-refractivity contribution is 0.482. The molecule has 2 N–H and O–H groups in total. The highest BCUT2D eigenvalue weighted by Gasteiger charge is 2.21. The Morgan fingerprint density at radius 1 is 1.25 bits per heavy atom. The van der Waals surface area contributed by atoms with Crippen molar-refractivity contribution in [1.29, 1.82) is 0 Å². The van der Waals surface area contributed by atoms with Crippen LogP contribution >= 0.6 is 11.3 Å². The van der Waals surface area contributed by atoms with E-state index in [9.17, 15) is 13.2 Å². The van der Waals surface area contributed by atoms with E-state index in [1.165, 1.54) is 15.6 Å². The molecule has 28 heavy (non-hydrogen) atoms. The van der Waals surface area contributed by atoms with Crippen molar-refractivity contribution >= 4 is 27.2 Å². The van der Waals surface area contributed by atoms with E-state index >= 15 is 0 Å². The second kappa shape index (κ2) is 8.21. The summed E-state index contributed by atoms with van der Waals surface area (Å²) in [5.74, 6) is 1.07. The molecule has 0 unspecified atom stereocenters. The van der Waals surface area contributed by atoms with Crippen LogP contribution in [0.2, 0.25) is 0 Å². The first kappa shape index (κ1) is 20.2. The fourth-order valence-electron chi connectivity index (χ4n) is 2.45. The monoisotopic (exact) mass is 419 g/mol. The molecular weight excluding hydrogens is 398 g/mol. The van der Waals surface area contributed by atoms with Gasteiger partial charge in [0.15, 0.2) is 0 Å². The molecule has 8 nitrogen and oxygen atoms in total. The van der Waals surface area contributed by atoms with E-state index in [1.54, 1.807) is 56.7 Å². The van der Waals surface area contributed by atoms with Crippen LogP contribution in [0, 0.1) is 13.8 Å². The summed E-state index contributed by atoms with van der Waals surface area (Å²) in [6.07, 6.45) is 1.61. The molecule has 0 aromatic carbocycles. The van der Waals surface area contributed by atoms with E-state index in [1.807, 2.05) is 0 Å². The van der Waals surface area contributed by atoms with Crippen LogP contribution in [-0.4, -0.2) is 47.8 Å². The van der Waals surface area contributed by atoms with Gasteiger partial charge in [-0.15, -0.1) is 11.3 Å². The van der Waals surface area contributed by atoms with Crippen LogP contribution in [0.4, 0.5) is 5.82 Å². The minimum Gasteiger partial charge on any atom is -0.369 e. The minimum absolute atomic E-state index is 0.167. The summed E-state index contributed by atoms with van der Waals surface area (Å²) in [6.45, 7) is 4.23. The number of aromatic nitrogens is 3. The molecule has 0 fully saturated rings. The summed E-state index contributed by atoms with van der Waals surface area (Å²) in [6, 6.07) is 6.87. The number of thiophene rings is 1. The molecule has 0 amide bonds. The van der Waals surface area contributed by atoms with Crippen molar-refractivity contribution in [2.75, 3.05) is 25.5 Å². The lowest BCUT2D eigenvalue weighted by Gasteiger charge is -2.16. The zero-order chi connectivity index (χ0) is 20.3. The first-order valence-corrected chi connectivity index (χ1v) is 10.9. The zero-order valence-corrected chi connectivity index (χ0v) is 17.4. The van der Waals surface area contributed by atoms with Gasteiger partial charge in [-0.25, -0.2) is 18.4 Å². The molecule has 0 aliphatic carbocycles. The van der Waals surface area contributed by atoms with Crippen molar-refractivity contribution in [2.24, 2.45) is 0 Å². The molecule has 10 heteroatoms. The number of H-pyrrole nitrogens is 1. The molecule has 148 valence electrons. The number of hydrogen-bond donors (Lipinski definition) is 2. The molecule has 0 saturated heterocycles.